The standard InChI is InChI=1S/C21H27N3O4/c1-4-10-21(11-5-2)19(26)24(20(27)23-21)13-18(25)22-14(3)17-12-15-8-6-7-9-16(15)28-17/h6-9,12,14H,4-5,10-11,13H2,1-3H3,(H,22,25)(H,23,27)/t14-/m1/s1. The molecule has 4 amide bonds. The number of hydrogen-bond donors (Lipinski definition) is 2. The second kappa shape index (κ2) is 8.04. The molecule has 2 aromatic rings. The SMILES string of the molecule is CCCC1(CCC)NC(=O)N(CC(=O)N[C@H](C)c2cc3ccccc3o2)C1=O. The lowest BCUT2D eigenvalue weighted by atomic mass is 9.88. The molecule has 0 saturated carbocycles. The molecule has 1 aromatic carbocycles. The summed E-state index contributed by atoms with van der Waals surface area (Å²) in [6, 6.07) is 8.60. The molecule has 0 aliphatic carbocycles. The van der Waals surface area contributed by atoms with Gasteiger partial charge in [0.1, 0.15) is 23.4 Å². The lowest BCUT2D eigenvalue weighted by Gasteiger charge is -2.25. The molecule has 28 heavy (non-hydrogen) atoms. The third kappa shape index (κ3) is 3.74. The molecule has 0 bridgehead atoms. The van der Waals surface area contributed by atoms with Crippen LogP contribution in [0.15, 0.2) is 34.7 Å². The normalized spacial score (nSPS) is 17.0. The topological polar surface area (TPSA) is 91.7 Å². The van der Waals surface area contributed by atoms with Crippen LogP contribution in [0.1, 0.15) is 58.3 Å². The van der Waals surface area contributed by atoms with Crippen molar-refractivity contribution >= 4 is 28.8 Å². The van der Waals surface area contributed by atoms with E-state index in [9.17, 15) is 14.4 Å². The van der Waals surface area contributed by atoms with Crippen LogP contribution in [-0.2, 0) is 9.59 Å². The molecule has 1 fully saturated rings. The van der Waals surface area contributed by atoms with Gasteiger partial charge in [-0.3, -0.25) is 14.5 Å². The average molecular weight is 385 g/mol. The van der Waals surface area contributed by atoms with Crippen molar-refractivity contribution in [3.8, 4) is 0 Å². The number of carbonyl (C=O) groups is 3. The van der Waals surface area contributed by atoms with Gasteiger partial charge in [0.2, 0.25) is 5.91 Å². The lowest BCUT2D eigenvalue weighted by molar-refractivity contribution is -0.135. The van der Waals surface area contributed by atoms with E-state index >= 15 is 0 Å². The molecule has 7 nitrogen and oxygen atoms in total. The highest BCUT2D eigenvalue weighted by molar-refractivity contribution is 6.09. The fourth-order valence-electron chi connectivity index (χ4n) is 3.85. The summed E-state index contributed by atoms with van der Waals surface area (Å²) < 4.78 is 5.77. The van der Waals surface area contributed by atoms with Gasteiger partial charge in [0.25, 0.3) is 5.91 Å². The molecule has 1 aliphatic rings. The summed E-state index contributed by atoms with van der Waals surface area (Å²) in [7, 11) is 0. The summed E-state index contributed by atoms with van der Waals surface area (Å²) >= 11 is 0. The second-order valence-electron chi connectivity index (χ2n) is 7.38. The van der Waals surface area contributed by atoms with Crippen LogP contribution >= 0.6 is 0 Å². The molecule has 0 radical (unpaired) electrons. The molecule has 0 spiro atoms. The van der Waals surface area contributed by atoms with E-state index < -0.39 is 17.5 Å². The first-order chi connectivity index (χ1) is 13.4. The monoisotopic (exact) mass is 385 g/mol. The van der Waals surface area contributed by atoms with Gasteiger partial charge in [-0.05, 0) is 31.9 Å². The summed E-state index contributed by atoms with van der Waals surface area (Å²) in [4.78, 5) is 38.7. The maximum atomic E-state index is 12.9. The van der Waals surface area contributed by atoms with Gasteiger partial charge in [0, 0.05) is 5.39 Å². The van der Waals surface area contributed by atoms with Crippen molar-refractivity contribution in [2.75, 3.05) is 6.54 Å². The van der Waals surface area contributed by atoms with Crippen molar-refractivity contribution in [2.45, 2.75) is 58.0 Å². The number of fused-ring (bicyclic) bond motifs is 1. The smallest absolute Gasteiger partial charge is 0.325 e. The van der Waals surface area contributed by atoms with E-state index in [4.69, 9.17) is 4.42 Å². The van der Waals surface area contributed by atoms with Crippen LogP contribution in [-0.4, -0.2) is 34.8 Å². The second-order valence-corrected chi connectivity index (χ2v) is 7.38. The molecule has 0 unspecified atom stereocenters. The first-order valence-electron chi connectivity index (χ1n) is 9.82. The number of rotatable bonds is 8. The molecule has 1 aromatic heterocycles. The number of carbonyl (C=O) groups excluding carboxylic acids is 3. The molecular weight excluding hydrogens is 358 g/mol. The Kier molecular flexibility index (Phi) is 5.72. The van der Waals surface area contributed by atoms with Gasteiger partial charge in [-0.15, -0.1) is 0 Å². The number of hydrogen-bond acceptors (Lipinski definition) is 4. The highest BCUT2D eigenvalue weighted by Gasteiger charge is 2.50. The highest BCUT2D eigenvalue weighted by Crippen LogP contribution is 2.28. The van der Waals surface area contributed by atoms with Gasteiger partial charge in [0.05, 0.1) is 6.04 Å². The van der Waals surface area contributed by atoms with Gasteiger partial charge < -0.3 is 15.1 Å². The predicted molar refractivity (Wildman–Crippen MR) is 106 cm³/mol. The Morgan fingerprint density at radius 1 is 1.21 bits per heavy atom. The van der Waals surface area contributed by atoms with Crippen LogP contribution < -0.4 is 10.6 Å². The molecule has 150 valence electrons. The molecule has 1 atom stereocenters. The molecular formula is C21H27N3O4. The minimum atomic E-state index is -0.884. The lowest BCUT2D eigenvalue weighted by Crippen LogP contribution is -2.47. The maximum Gasteiger partial charge on any atom is 0.325 e. The number of nitrogens with one attached hydrogen (secondary N) is 2. The fourth-order valence-corrected chi connectivity index (χ4v) is 3.85. The Hall–Kier alpha value is -2.83. The molecule has 3 rings (SSSR count). The minimum absolute atomic E-state index is 0.301. The van der Waals surface area contributed by atoms with E-state index in [2.05, 4.69) is 10.6 Å². The summed E-state index contributed by atoms with van der Waals surface area (Å²) in [5.74, 6) is -0.0916. The Morgan fingerprint density at radius 2 is 1.89 bits per heavy atom. The number of amides is 4. The summed E-state index contributed by atoms with van der Waals surface area (Å²) in [6.45, 7) is 5.45. The molecule has 1 saturated heterocycles. The zero-order valence-electron chi connectivity index (χ0n) is 16.6. The first-order valence-corrected chi connectivity index (χ1v) is 9.82. The third-order valence-corrected chi connectivity index (χ3v) is 5.15. The van der Waals surface area contributed by atoms with Gasteiger partial charge in [-0.25, -0.2) is 4.79 Å². The fraction of sp³-hybridized carbons (Fsp3) is 0.476. The highest BCUT2D eigenvalue weighted by atomic mass is 16.3. The minimum Gasteiger partial charge on any atom is -0.459 e. The Labute approximate surface area is 164 Å². The molecule has 2 heterocycles. The van der Waals surface area contributed by atoms with Crippen LogP contribution in [0.2, 0.25) is 0 Å². The number of imide groups is 1. The van der Waals surface area contributed by atoms with Crippen LogP contribution in [0, 0.1) is 0 Å². The van der Waals surface area contributed by atoms with Crippen molar-refractivity contribution < 1.29 is 18.8 Å². The third-order valence-electron chi connectivity index (χ3n) is 5.15. The van der Waals surface area contributed by atoms with Gasteiger partial charge in [-0.2, -0.15) is 0 Å². The predicted octanol–water partition coefficient (Wildman–Crippen LogP) is 3.50. The van der Waals surface area contributed by atoms with Gasteiger partial charge >= 0.3 is 6.03 Å². The van der Waals surface area contributed by atoms with E-state index in [1.165, 1.54) is 0 Å². The quantitative estimate of drug-likeness (QED) is 0.680. The number of nitrogens with zero attached hydrogens (tertiary/aromatic N) is 1. The molecule has 2 N–H and O–H groups in total. The zero-order chi connectivity index (χ0) is 20.3. The van der Waals surface area contributed by atoms with E-state index in [1.54, 1.807) is 6.92 Å². The number of para-hydroxylation sites is 1. The Morgan fingerprint density at radius 3 is 2.54 bits per heavy atom. The van der Waals surface area contributed by atoms with E-state index in [1.807, 2.05) is 44.2 Å². The van der Waals surface area contributed by atoms with Crippen molar-refractivity contribution in [2.24, 2.45) is 0 Å². The summed E-state index contributed by atoms with van der Waals surface area (Å²) in [5, 5.41) is 6.58. The first kappa shape index (κ1) is 19.9. The largest absolute Gasteiger partial charge is 0.459 e. The van der Waals surface area contributed by atoms with Crippen molar-refractivity contribution in [1.29, 1.82) is 0 Å². The zero-order valence-corrected chi connectivity index (χ0v) is 16.6. The Bertz CT molecular complexity index is 850. The number of benzene rings is 1. The van der Waals surface area contributed by atoms with E-state index in [-0.39, 0.29) is 18.5 Å². The summed E-state index contributed by atoms with van der Waals surface area (Å²) in [6.07, 6.45) is 2.68. The maximum absolute atomic E-state index is 12.9. The molecule has 7 heteroatoms. The van der Waals surface area contributed by atoms with Crippen LogP contribution in [0.3, 0.4) is 0 Å². The van der Waals surface area contributed by atoms with E-state index in [0.717, 1.165) is 28.7 Å². The Balaban J connectivity index is 1.66. The van der Waals surface area contributed by atoms with Crippen molar-refractivity contribution in [1.82, 2.24) is 15.5 Å². The van der Waals surface area contributed by atoms with Gasteiger partial charge in [-0.1, -0.05) is 44.9 Å². The van der Waals surface area contributed by atoms with Crippen molar-refractivity contribution in [3.63, 3.8) is 0 Å². The number of furan rings is 1. The van der Waals surface area contributed by atoms with Crippen LogP contribution in [0.4, 0.5) is 4.79 Å². The van der Waals surface area contributed by atoms with Crippen LogP contribution in [0.5, 0.6) is 0 Å². The van der Waals surface area contributed by atoms with Gasteiger partial charge in [0.15, 0.2) is 0 Å². The number of urea groups is 1. The summed E-state index contributed by atoms with van der Waals surface area (Å²) in [5.41, 5.74) is -0.137. The molecule has 1 aliphatic heterocycles. The van der Waals surface area contributed by atoms with E-state index in [0.29, 0.717) is 18.6 Å². The van der Waals surface area contributed by atoms with Crippen molar-refractivity contribution in [3.05, 3.63) is 36.1 Å². The average Bonchev–Trinajstić information content (AvgIpc) is 3.18. The van der Waals surface area contributed by atoms with Crippen LogP contribution in [0.25, 0.3) is 11.0 Å².